The first kappa shape index (κ1) is 10.5. The first-order chi connectivity index (χ1) is 6.76. The first-order valence-electron chi connectivity index (χ1n) is 4.72. The summed E-state index contributed by atoms with van der Waals surface area (Å²) in [7, 11) is 0. The molecular formula is C12H13NO. The highest BCUT2D eigenvalue weighted by Gasteiger charge is 2.02. The summed E-state index contributed by atoms with van der Waals surface area (Å²) in [5.41, 5.74) is 2.25. The lowest BCUT2D eigenvalue weighted by molar-refractivity contribution is -0.117. The van der Waals surface area contributed by atoms with Crippen molar-refractivity contribution in [3.63, 3.8) is 0 Å². The van der Waals surface area contributed by atoms with Gasteiger partial charge in [-0.1, -0.05) is 31.2 Å². The van der Waals surface area contributed by atoms with E-state index in [0.29, 0.717) is 6.42 Å². The van der Waals surface area contributed by atoms with Crippen molar-refractivity contribution in [3.05, 3.63) is 35.4 Å². The molecular weight excluding hydrogens is 174 g/mol. The van der Waals surface area contributed by atoms with Crippen LogP contribution in [0.2, 0.25) is 0 Å². The zero-order valence-electron chi connectivity index (χ0n) is 8.29. The lowest BCUT2D eigenvalue weighted by Gasteiger charge is -2.00. The van der Waals surface area contributed by atoms with Crippen molar-refractivity contribution in [3.8, 4) is 6.07 Å². The van der Waals surface area contributed by atoms with Crippen molar-refractivity contribution < 1.29 is 4.79 Å². The lowest BCUT2D eigenvalue weighted by atomic mass is 10.0. The molecule has 1 rings (SSSR count). The van der Waals surface area contributed by atoms with Gasteiger partial charge < -0.3 is 0 Å². The van der Waals surface area contributed by atoms with Crippen molar-refractivity contribution >= 4 is 5.78 Å². The van der Waals surface area contributed by atoms with Gasteiger partial charge in [0, 0.05) is 6.42 Å². The molecule has 1 aromatic carbocycles. The maximum atomic E-state index is 11.1. The Balaban J connectivity index is 2.60. The predicted molar refractivity (Wildman–Crippen MR) is 54.8 cm³/mol. The minimum absolute atomic E-state index is 0.00945. The van der Waals surface area contributed by atoms with Crippen LogP contribution in [-0.4, -0.2) is 5.78 Å². The molecule has 0 saturated carbocycles. The molecule has 2 heteroatoms. The van der Waals surface area contributed by atoms with Crippen LogP contribution in [-0.2, 0) is 17.6 Å². The van der Waals surface area contributed by atoms with Crippen LogP contribution in [0.25, 0.3) is 0 Å². The van der Waals surface area contributed by atoms with E-state index in [0.717, 1.165) is 12.0 Å². The number of rotatable bonds is 4. The molecule has 2 nitrogen and oxygen atoms in total. The number of Topliss-reactive ketones (excluding diaryl/α,β-unsaturated/α-hetero) is 1. The van der Waals surface area contributed by atoms with Crippen LogP contribution >= 0.6 is 0 Å². The summed E-state index contributed by atoms with van der Waals surface area (Å²) in [6, 6.07) is 9.81. The number of ketones is 1. The molecule has 14 heavy (non-hydrogen) atoms. The highest BCUT2D eigenvalue weighted by atomic mass is 16.1. The van der Waals surface area contributed by atoms with Crippen molar-refractivity contribution in [1.82, 2.24) is 0 Å². The molecule has 0 atom stereocenters. The van der Waals surface area contributed by atoms with Gasteiger partial charge in [-0.2, -0.15) is 5.26 Å². The fourth-order valence-corrected chi connectivity index (χ4v) is 1.27. The zero-order valence-corrected chi connectivity index (χ0v) is 8.29. The summed E-state index contributed by atoms with van der Waals surface area (Å²) in [6.07, 6.45) is 1.39. The van der Waals surface area contributed by atoms with Gasteiger partial charge in [0.05, 0.1) is 12.5 Å². The number of carbonyl (C=O) groups excluding carboxylic acids is 1. The molecule has 0 heterocycles. The Bertz CT molecular complexity index is 346. The van der Waals surface area contributed by atoms with E-state index in [4.69, 9.17) is 5.26 Å². The van der Waals surface area contributed by atoms with Crippen molar-refractivity contribution in [2.75, 3.05) is 0 Å². The second-order valence-corrected chi connectivity index (χ2v) is 3.22. The maximum absolute atomic E-state index is 11.1. The molecule has 1 aromatic rings. The Hall–Kier alpha value is -1.62. The third-order valence-electron chi connectivity index (χ3n) is 2.11. The lowest BCUT2D eigenvalue weighted by Crippen LogP contribution is -2.00. The van der Waals surface area contributed by atoms with Gasteiger partial charge in [0.2, 0.25) is 0 Å². The van der Waals surface area contributed by atoms with E-state index in [1.54, 1.807) is 0 Å². The predicted octanol–water partition coefficient (Wildman–Crippen LogP) is 2.27. The summed E-state index contributed by atoms with van der Waals surface area (Å²) in [5, 5.41) is 8.33. The smallest absolute Gasteiger partial charge is 0.151 e. The van der Waals surface area contributed by atoms with Gasteiger partial charge in [-0.25, -0.2) is 0 Å². The maximum Gasteiger partial charge on any atom is 0.151 e. The van der Waals surface area contributed by atoms with Crippen LogP contribution in [0.1, 0.15) is 24.5 Å². The van der Waals surface area contributed by atoms with E-state index in [1.165, 1.54) is 5.56 Å². The topological polar surface area (TPSA) is 40.9 Å². The standard InChI is InChI=1S/C12H13NO/c1-2-10-3-5-11(6-4-10)9-12(14)7-8-13/h3-6H,2,7,9H2,1H3. The van der Waals surface area contributed by atoms with Gasteiger partial charge in [0.15, 0.2) is 5.78 Å². The third-order valence-corrected chi connectivity index (χ3v) is 2.11. The molecule has 0 bridgehead atoms. The summed E-state index contributed by atoms with van der Waals surface area (Å²) in [4.78, 5) is 11.1. The van der Waals surface area contributed by atoms with Gasteiger partial charge >= 0.3 is 0 Å². The second kappa shape index (κ2) is 5.18. The molecule has 0 aliphatic carbocycles. The molecule has 0 aliphatic heterocycles. The van der Waals surface area contributed by atoms with Gasteiger partial charge in [-0.05, 0) is 17.5 Å². The Morgan fingerprint density at radius 2 is 1.86 bits per heavy atom. The Labute approximate surface area is 84.2 Å². The van der Waals surface area contributed by atoms with Gasteiger partial charge in [0.1, 0.15) is 0 Å². The van der Waals surface area contributed by atoms with E-state index in [1.807, 2.05) is 30.3 Å². The van der Waals surface area contributed by atoms with Crippen LogP contribution in [0, 0.1) is 11.3 Å². The number of carbonyl (C=O) groups is 1. The van der Waals surface area contributed by atoms with Crippen LogP contribution in [0.4, 0.5) is 0 Å². The highest BCUT2D eigenvalue weighted by molar-refractivity contribution is 5.82. The van der Waals surface area contributed by atoms with E-state index in [9.17, 15) is 4.79 Å². The molecule has 72 valence electrons. The monoisotopic (exact) mass is 187 g/mol. The minimum atomic E-state index is -0.0169. The quantitative estimate of drug-likeness (QED) is 0.725. The summed E-state index contributed by atoms with van der Waals surface area (Å²) in [6.45, 7) is 2.09. The van der Waals surface area contributed by atoms with E-state index in [2.05, 4.69) is 6.92 Å². The Kier molecular flexibility index (Phi) is 3.87. The average molecular weight is 187 g/mol. The zero-order chi connectivity index (χ0) is 10.4. The van der Waals surface area contributed by atoms with Crippen LogP contribution < -0.4 is 0 Å². The Morgan fingerprint density at radius 3 is 2.36 bits per heavy atom. The largest absolute Gasteiger partial charge is 0.298 e. The normalized spacial score (nSPS) is 9.43. The fourth-order valence-electron chi connectivity index (χ4n) is 1.27. The third kappa shape index (κ3) is 3.02. The molecule has 0 aromatic heterocycles. The number of nitrogens with zero attached hydrogens (tertiary/aromatic N) is 1. The summed E-state index contributed by atoms with van der Waals surface area (Å²) < 4.78 is 0. The van der Waals surface area contributed by atoms with Crippen LogP contribution in [0.5, 0.6) is 0 Å². The van der Waals surface area contributed by atoms with Crippen molar-refractivity contribution in [2.45, 2.75) is 26.2 Å². The van der Waals surface area contributed by atoms with Crippen LogP contribution in [0.15, 0.2) is 24.3 Å². The van der Waals surface area contributed by atoms with Crippen molar-refractivity contribution in [1.29, 1.82) is 5.26 Å². The summed E-state index contributed by atoms with van der Waals surface area (Å²) >= 11 is 0. The minimum Gasteiger partial charge on any atom is -0.298 e. The Morgan fingerprint density at radius 1 is 1.29 bits per heavy atom. The van der Waals surface area contributed by atoms with Gasteiger partial charge in [-0.15, -0.1) is 0 Å². The molecule has 0 N–H and O–H groups in total. The molecule has 0 unspecified atom stereocenters. The molecule has 0 spiro atoms. The molecule has 0 aliphatic rings. The fraction of sp³-hybridized carbons (Fsp3) is 0.333. The van der Waals surface area contributed by atoms with E-state index >= 15 is 0 Å². The number of aryl methyl sites for hydroxylation is 1. The van der Waals surface area contributed by atoms with Crippen molar-refractivity contribution in [2.24, 2.45) is 0 Å². The highest BCUT2D eigenvalue weighted by Crippen LogP contribution is 2.06. The van der Waals surface area contributed by atoms with E-state index in [-0.39, 0.29) is 12.2 Å². The molecule has 0 amide bonds. The first-order valence-corrected chi connectivity index (χ1v) is 4.72. The SMILES string of the molecule is CCc1ccc(CC(=O)CC#N)cc1. The summed E-state index contributed by atoms with van der Waals surface area (Å²) in [5.74, 6) is -0.0169. The average Bonchev–Trinajstić information content (AvgIpc) is 2.19. The second-order valence-electron chi connectivity index (χ2n) is 3.22. The number of hydrogen-bond donors (Lipinski definition) is 0. The number of benzene rings is 1. The molecule has 0 saturated heterocycles. The van der Waals surface area contributed by atoms with Gasteiger partial charge in [0.25, 0.3) is 0 Å². The molecule has 0 fully saturated rings. The number of hydrogen-bond acceptors (Lipinski definition) is 2. The number of nitriles is 1. The van der Waals surface area contributed by atoms with Gasteiger partial charge in [-0.3, -0.25) is 4.79 Å². The van der Waals surface area contributed by atoms with E-state index < -0.39 is 0 Å². The molecule has 0 radical (unpaired) electrons. The van der Waals surface area contributed by atoms with Crippen LogP contribution in [0.3, 0.4) is 0 Å².